The number of aromatic nitrogens is 4. The SMILES string of the molecule is Cc1nc(-c2nccn2[C@@H]2C[C@H]3C(=O)NCC(=O)N3C2)cn1C. The number of nitrogens with one attached hydrogen (secondary N) is 1. The summed E-state index contributed by atoms with van der Waals surface area (Å²) >= 11 is 0. The van der Waals surface area contributed by atoms with Crippen LogP contribution in [0, 0.1) is 6.92 Å². The summed E-state index contributed by atoms with van der Waals surface area (Å²) in [5.41, 5.74) is 0.802. The molecule has 2 aromatic rings. The fourth-order valence-electron chi connectivity index (χ4n) is 3.39. The smallest absolute Gasteiger partial charge is 0.243 e. The highest BCUT2D eigenvalue weighted by Gasteiger charge is 2.43. The Morgan fingerprint density at radius 3 is 2.87 bits per heavy atom. The van der Waals surface area contributed by atoms with Crippen LogP contribution in [0.25, 0.3) is 11.5 Å². The van der Waals surface area contributed by atoms with Gasteiger partial charge in [-0.1, -0.05) is 0 Å². The molecule has 0 spiro atoms. The maximum absolute atomic E-state index is 12.0. The van der Waals surface area contributed by atoms with Crippen LogP contribution in [0.3, 0.4) is 0 Å². The van der Waals surface area contributed by atoms with Gasteiger partial charge in [-0.2, -0.15) is 0 Å². The van der Waals surface area contributed by atoms with Gasteiger partial charge >= 0.3 is 0 Å². The summed E-state index contributed by atoms with van der Waals surface area (Å²) in [6, 6.07) is -0.338. The van der Waals surface area contributed by atoms with Gasteiger partial charge in [0.25, 0.3) is 0 Å². The first kappa shape index (κ1) is 14.0. The van der Waals surface area contributed by atoms with Crippen molar-refractivity contribution in [1.29, 1.82) is 0 Å². The van der Waals surface area contributed by atoms with Crippen LogP contribution in [-0.4, -0.2) is 54.9 Å². The fraction of sp³-hybridized carbons (Fsp3) is 0.467. The van der Waals surface area contributed by atoms with Gasteiger partial charge in [0.2, 0.25) is 11.8 Å². The van der Waals surface area contributed by atoms with Crippen molar-refractivity contribution in [3.63, 3.8) is 0 Å². The monoisotopic (exact) mass is 314 g/mol. The predicted molar refractivity (Wildman–Crippen MR) is 81.3 cm³/mol. The summed E-state index contributed by atoms with van der Waals surface area (Å²) in [6.07, 6.45) is 6.17. The summed E-state index contributed by atoms with van der Waals surface area (Å²) < 4.78 is 3.98. The minimum absolute atomic E-state index is 0.0209. The molecule has 0 unspecified atom stereocenters. The Morgan fingerprint density at radius 2 is 2.17 bits per heavy atom. The first-order valence-corrected chi connectivity index (χ1v) is 7.65. The number of rotatable bonds is 2. The molecule has 0 bridgehead atoms. The van der Waals surface area contributed by atoms with Crippen molar-refractivity contribution in [2.24, 2.45) is 7.05 Å². The number of hydrogen-bond acceptors (Lipinski definition) is 4. The number of piperazine rings is 1. The van der Waals surface area contributed by atoms with E-state index in [1.54, 1.807) is 11.1 Å². The van der Waals surface area contributed by atoms with Crippen LogP contribution in [0.15, 0.2) is 18.6 Å². The van der Waals surface area contributed by atoms with Crippen molar-refractivity contribution in [3.8, 4) is 11.5 Å². The molecular formula is C15H18N6O2. The molecule has 8 heteroatoms. The lowest BCUT2D eigenvalue weighted by Gasteiger charge is -2.28. The van der Waals surface area contributed by atoms with E-state index in [4.69, 9.17) is 0 Å². The largest absolute Gasteiger partial charge is 0.345 e. The third-order valence-corrected chi connectivity index (χ3v) is 4.72. The maximum Gasteiger partial charge on any atom is 0.243 e. The maximum atomic E-state index is 12.0. The van der Waals surface area contributed by atoms with E-state index in [2.05, 4.69) is 15.3 Å². The molecule has 2 aliphatic heterocycles. The topological polar surface area (TPSA) is 85.0 Å². The van der Waals surface area contributed by atoms with Crippen molar-refractivity contribution < 1.29 is 9.59 Å². The third kappa shape index (κ3) is 2.13. The molecule has 2 aromatic heterocycles. The molecule has 23 heavy (non-hydrogen) atoms. The Balaban J connectivity index is 1.66. The van der Waals surface area contributed by atoms with Crippen molar-refractivity contribution >= 4 is 11.8 Å². The molecule has 0 saturated carbocycles. The lowest BCUT2D eigenvalue weighted by Crippen LogP contribution is -2.55. The third-order valence-electron chi connectivity index (χ3n) is 4.72. The Morgan fingerprint density at radius 1 is 1.35 bits per heavy atom. The Kier molecular flexibility index (Phi) is 3.00. The van der Waals surface area contributed by atoms with Gasteiger partial charge in [-0.15, -0.1) is 0 Å². The number of imidazole rings is 2. The Bertz CT molecular complexity index is 748. The van der Waals surface area contributed by atoms with Gasteiger partial charge in [0.15, 0.2) is 5.82 Å². The van der Waals surface area contributed by atoms with Gasteiger partial charge in [0, 0.05) is 32.2 Å². The highest BCUT2D eigenvalue weighted by Crippen LogP contribution is 2.32. The number of hydrogen-bond donors (Lipinski definition) is 1. The van der Waals surface area contributed by atoms with Crippen LogP contribution in [0.4, 0.5) is 0 Å². The van der Waals surface area contributed by atoms with Crippen molar-refractivity contribution in [1.82, 2.24) is 29.3 Å². The van der Waals surface area contributed by atoms with Gasteiger partial charge in [-0.05, 0) is 13.3 Å². The van der Waals surface area contributed by atoms with Crippen molar-refractivity contribution in [3.05, 3.63) is 24.4 Å². The zero-order chi connectivity index (χ0) is 16.1. The lowest BCUT2D eigenvalue weighted by molar-refractivity contribution is -0.143. The number of carbonyl (C=O) groups is 2. The van der Waals surface area contributed by atoms with Gasteiger partial charge in [0.05, 0.1) is 12.6 Å². The average molecular weight is 314 g/mol. The number of nitrogens with zero attached hydrogens (tertiary/aromatic N) is 5. The second-order valence-corrected chi connectivity index (χ2v) is 6.11. The normalized spacial score (nSPS) is 24.0. The van der Waals surface area contributed by atoms with Crippen molar-refractivity contribution in [2.75, 3.05) is 13.1 Å². The summed E-state index contributed by atoms with van der Waals surface area (Å²) in [6.45, 7) is 2.57. The zero-order valence-corrected chi connectivity index (χ0v) is 13.1. The second-order valence-electron chi connectivity index (χ2n) is 6.11. The van der Waals surface area contributed by atoms with Crippen LogP contribution >= 0.6 is 0 Å². The van der Waals surface area contributed by atoms with Crippen LogP contribution in [0.5, 0.6) is 0 Å². The van der Waals surface area contributed by atoms with E-state index in [1.807, 2.05) is 35.5 Å². The minimum Gasteiger partial charge on any atom is -0.345 e. The average Bonchev–Trinajstić information content (AvgIpc) is 3.21. The molecule has 4 rings (SSSR count). The molecule has 8 nitrogen and oxygen atoms in total. The fourth-order valence-corrected chi connectivity index (χ4v) is 3.39. The second kappa shape index (κ2) is 4.94. The standard InChI is InChI=1S/C15H18N6O2/c1-9-18-11(8-19(9)2)14-16-3-4-20(14)10-5-12-15(23)17-6-13(22)21(12)7-10/h3-4,8,10,12H,5-7H2,1-2H3,(H,17,23)/t10-,12+/m1/s1. The summed E-state index contributed by atoms with van der Waals surface area (Å²) in [5.74, 6) is 1.59. The Hall–Kier alpha value is -2.64. The quantitative estimate of drug-likeness (QED) is 0.836. The van der Waals surface area contributed by atoms with Crippen LogP contribution < -0.4 is 5.32 Å². The molecule has 2 aliphatic rings. The first-order chi connectivity index (χ1) is 11.0. The number of aryl methyl sites for hydroxylation is 2. The Labute approximate surface area is 133 Å². The molecule has 2 saturated heterocycles. The van der Waals surface area contributed by atoms with Crippen LogP contribution in [0.1, 0.15) is 18.3 Å². The molecular weight excluding hydrogens is 296 g/mol. The molecule has 4 heterocycles. The molecule has 120 valence electrons. The zero-order valence-electron chi connectivity index (χ0n) is 13.1. The number of carbonyl (C=O) groups excluding carboxylic acids is 2. The molecule has 2 amide bonds. The van der Waals surface area contributed by atoms with Crippen LogP contribution in [0.2, 0.25) is 0 Å². The van der Waals surface area contributed by atoms with E-state index in [1.165, 1.54) is 0 Å². The molecule has 0 aromatic carbocycles. The lowest BCUT2D eigenvalue weighted by atomic mass is 10.1. The number of amides is 2. The summed E-state index contributed by atoms with van der Waals surface area (Å²) in [5, 5.41) is 2.66. The van der Waals surface area contributed by atoms with Gasteiger partial charge in [0.1, 0.15) is 17.6 Å². The van der Waals surface area contributed by atoms with Crippen molar-refractivity contribution in [2.45, 2.75) is 25.4 Å². The first-order valence-electron chi connectivity index (χ1n) is 7.65. The van der Waals surface area contributed by atoms with E-state index in [9.17, 15) is 9.59 Å². The van der Waals surface area contributed by atoms with Crippen LogP contribution in [-0.2, 0) is 16.6 Å². The van der Waals surface area contributed by atoms with E-state index >= 15 is 0 Å². The molecule has 0 aliphatic carbocycles. The van der Waals surface area contributed by atoms with E-state index in [-0.39, 0.29) is 30.4 Å². The highest BCUT2D eigenvalue weighted by atomic mass is 16.2. The highest BCUT2D eigenvalue weighted by molar-refractivity contribution is 5.95. The molecule has 0 radical (unpaired) electrons. The van der Waals surface area contributed by atoms with E-state index in [0.29, 0.717) is 13.0 Å². The molecule has 1 N–H and O–H groups in total. The summed E-state index contributed by atoms with van der Waals surface area (Å²) in [4.78, 5) is 34.6. The molecule has 2 fully saturated rings. The summed E-state index contributed by atoms with van der Waals surface area (Å²) in [7, 11) is 1.94. The minimum atomic E-state index is -0.373. The van der Waals surface area contributed by atoms with E-state index < -0.39 is 0 Å². The molecule has 2 atom stereocenters. The number of fused-ring (bicyclic) bond motifs is 1. The van der Waals surface area contributed by atoms with Gasteiger partial charge in [-0.25, -0.2) is 9.97 Å². The van der Waals surface area contributed by atoms with E-state index in [0.717, 1.165) is 17.3 Å². The predicted octanol–water partition coefficient (Wildman–Crippen LogP) is -0.136. The van der Waals surface area contributed by atoms with Gasteiger partial charge in [-0.3, -0.25) is 9.59 Å². The van der Waals surface area contributed by atoms with Gasteiger partial charge < -0.3 is 19.4 Å².